The average Bonchev–Trinajstić information content (AvgIpc) is 2.86. The molecule has 2 aromatic heterocycles. The Labute approximate surface area is 104 Å². The molecule has 0 fully saturated rings. The van der Waals surface area contributed by atoms with Crippen LogP contribution in [0.2, 0.25) is 0 Å². The van der Waals surface area contributed by atoms with Crippen molar-refractivity contribution in [2.24, 2.45) is 7.05 Å². The van der Waals surface area contributed by atoms with Crippen molar-refractivity contribution in [3.05, 3.63) is 17.2 Å². The zero-order valence-electron chi connectivity index (χ0n) is 10.2. The fraction of sp³-hybridized carbons (Fsp3) is 0.500. The summed E-state index contributed by atoms with van der Waals surface area (Å²) in [6.07, 6.45) is 0. The molecular weight excluding hydrogens is 258 g/mol. The number of sulfonamides is 1. The van der Waals surface area contributed by atoms with E-state index in [1.54, 1.807) is 20.9 Å². The Hall–Kier alpha value is -1.81. The highest BCUT2D eigenvalue weighted by molar-refractivity contribution is 7.89. The predicted octanol–water partition coefficient (Wildman–Crippen LogP) is -0.971. The van der Waals surface area contributed by atoms with E-state index in [4.69, 9.17) is 0 Å². The van der Waals surface area contributed by atoms with Crippen LogP contribution in [-0.2, 0) is 23.6 Å². The SMILES string of the molecule is Cc1nn(C)c(C)c1S(=O)(=O)NCc1nn[nH]n1. The summed E-state index contributed by atoms with van der Waals surface area (Å²) in [6, 6.07) is 0. The first-order valence-corrected chi connectivity index (χ1v) is 6.62. The number of H-pyrrole nitrogens is 1. The second-order valence-electron chi connectivity index (χ2n) is 3.78. The zero-order chi connectivity index (χ0) is 13.3. The minimum atomic E-state index is -3.63. The summed E-state index contributed by atoms with van der Waals surface area (Å²) in [5, 5.41) is 17.0. The van der Waals surface area contributed by atoms with E-state index in [2.05, 4.69) is 30.4 Å². The summed E-state index contributed by atoms with van der Waals surface area (Å²) in [5.41, 5.74) is 1.03. The van der Waals surface area contributed by atoms with Crippen LogP contribution < -0.4 is 4.72 Å². The predicted molar refractivity (Wildman–Crippen MR) is 60.9 cm³/mol. The maximum Gasteiger partial charge on any atom is 0.244 e. The van der Waals surface area contributed by atoms with Crippen LogP contribution in [0.4, 0.5) is 0 Å². The number of tetrazole rings is 1. The Morgan fingerprint density at radius 2 is 2.11 bits per heavy atom. The summed E-state index contributed by atoms with van der Waals surface area (Å²) >= 11 is 0. The van der Waals surface area contributed by atoms with E-state index in [9.17, 15) is 8.42 Å². The van der Waals surface area contributed by atoms with Crippen LogP contribution in [0.15, 0.2) is 4.90 Å². The van der Waals surface area contributed by atoms with Crippen molar-refractivity contribution < 1.29 is 8.42 Å². The second-order valence-corrected chi connectivity index (χ2v) is 5.48. The van der Waals surface area contributed by atoms with E-state index < -0.39 is 10.0 Å². The molecule has 18 heavy (non-hydrogen) atoms. The Kier molecular flexibility index (Phi) is 3.13. The molecule has 0 radical (unpaired) electrons. The highest BCUT2D eigenvalue weighted by Crippen LogP contribution is 2.18. The van der Waals surface area contributed by atoms with Crippen molar-refractivity contribution >= 4 is 10.0 Å². The smallest absolute Gasteiger partial charge is 0.244 e. The third-order valence-electron chi connectivity index (χ3n) is 2.52. The number of hydrogen-bond donors (Lipinski definition) is 2. The quantitative estimate of drug-likeness (QED) is 0.738. The molecule has 9 nitrogen and oxygen atoms in total. The molecule has 2 heterocycles. The number of hydrogen-bond acceptors (Lipinski definition) is 6. The molecule has 2 rings (SSSR count). The Bertz CT molecular complexity index is 643. The lowest BCUT2D eigenvalue weighted by Gasteiger charge is -2.04. The van der Waals surface area contributed by atoms with Gasteiger partial charge in [0.25, 0.3) is 0 Å². The summed E-state index contributed by atoms with van der Waals surface area (Å²) in [5.74, 6) is 0.276. The van der Waals surface area contributed by atoms with Crippen LogP contribution in [0.25, 0.3) is 0 Å². The van der Waals surface area contributed by atoms with Crippen molar-refractivity contribution in [1.82, 2.24) is 35.1 Å². The topological polar surface area (TPSA) is 118 Å². The van der Waals surface area contributed by atoms with Gasteiger partial charge < -0.3 is 0 Å². The molecule has 0 bridgehead atoms. The largest absolute Gasteiger partial charge is 0.271 e. The molecule has 0 saturated heterocycles. The van der Waals surface area contributed by atoms with E-state index in [1.165, 1.54) is 4.68 Å². The molecule has 0 unspecified atom stereocenters. The molecule has 0 amide bonds. The lowest BCUT2D eigenvalue weighted by Crippen LogP contribution is -2.25. The van der Waals surface area contributed by atoms with Crippen molar-refractivity contribution in [2.45, 2.75) is 25.3 Å². The van der Waals surface area contributed by atoms with Crippen LogP contribution in [0.3, 0.4) is 0 Å². The van der Waals surface area contributed by atoms with E-state index in [0.717, 1.165) is 0 Å². The number of rotatable bonds is 4. The van der Waals surface area contributed by atoms with Crippen LogP contribution >= 0.6 is 0 Å². The normalized spacial score (nSPS) is 11.9. The number of nitrogens with zero attached hydrogens (tertiary/aromatic N) is 5. The maximum absolute atomic E-state index is 12.1. The van der Waals surface area contributed by atoms with Crippen molar-refractivity contribution in [3.8, 4) is 0 Å². The van der Waals surface area contributed by atoms with Gasteiger partial charge in [-0.1, -0.05) is 5.21 Å². The first-order chi connectivity index (χ1) is 8.42. The van der Waals surface area contributed by atoms with Crippen molar-refractivity contribution in [3.63, 3.8) is 0 Å². The second kappa shape index (κ2) is 4.46. The van der Waals surface area contributed by atoms with Gasteiger partial charge in [-0.3, -0.25) is 4.68 Å². The number of nitrogens with one attached hydrogen (secondary N) is 2. The summed E-state index contributed by atoms with van der Waals surface area (Å²) in [6.45, 7) is 3.32. The lowest BCUT2D eigenvalue weighted by molar-refractivity contribution is 0.577. The Balaban J connectivity index is 2.26. The molecule has 0 saturated carbocycles. The van der Waals surface area contributed by atoms with Gasteiger partial charge in [0.15, 0.2) is 5.82 Å². The van der Waals surface area contributed by atoms with Crippen LogP contribution in [0.1, 0.15) is 17.2 Å². The van der Waals surface area contributed by atoms with Gasteiger partial charge in [-0.25, -0.2) is 13.1 Å². The van der Waals surface area contributed by atoms with Gasteiger partial charge in [0.2, 0.25) is 10.0 Å². The van der Waals surface area contributed by atoms with Gasteiger partial charge in [-0.15, -0.1) is 10.2 Å². The summed E-state index contributed by atoms with van der Waals surface area (Å²) in [4.78, 5) is 0.188. The minimum Gasteiger partial charge on any atom is -0.271 e. The molecule has 10 heteroatoms. The molecule has 0 aliphatic carbocycles. The maximum atomic E-state index is 12.1. The van der Waals surface area contributed by atoms with Gasteiger partial charge in [-0.05, 0) is 13.8 Å². The minimum absolute atomic E-state index is 0.0212. The lowest BCUT2D eigenvalue weighted by atomic mass is 10.4. The van der Waals surface area contributed by atoms with Gasteiger partial charge in [-0.2, -0.15) is 10.3 Å². The average molecular weight is 271 g/mol. The van der Waals surface area contributed by atoms with Gasteiger partial charge in [0.05, 0.1) is 17.9 Å². The van der Waals surface area contributed by atoms with Gasteiger partial charge >= 0.3 is 0 Å². The molecule has 0 aliphatic rings. The van der Waals surface area contributed by atoms with Crippen LogP contribution in [-0.4, -0.2) is 38.8 Å². The third kappa shape index (κ3) is 2.24. The Morgan fingerprint density at radius 1 is 1.39 bits per heavy atom. The Morgan fingerprint density at radius 3 is 2.61 bits per heavy atom. The first kappa shape index (κ1) is 12.6. The van der Waals surface area contributed by atoms with Crippen LogP contribution in [0, 0.1) is 13.8 Å². The van der Waals surface area contributed by atoms with E-state index in [0.29, 0.717) is 11.4 Å². The summed E-state index contributed by atoms with van der Waals surface area (Å²) in [7, 11) is -1.94. The number of aryl methyl sites for hydroxylation is 2. The van der Waals surface area contributed by atoms with E-state index in [-0.39, 0.29) is 17.3 Å². The summed E-state index contributed by atoms with van der Waals surface area (Å²) < 4.78 is 28.2. The fourth-order valence-electron chi connectivity index (χ4n) is 1.63. The number of aromatic nitrogens is 6. The third-order valence-corrected chi connectivity index (χ3v) is 4.17. The fourth-order valence-corrected chi connectivity index (χ4v) is 3.05. The molecular formula is C8H13N7O2S. The molecule has 2 aromatic rings. The first-order valence-electron chi connectivity index (χ1n) is 5.14. The molecule has 98 valence electrons. The zero-order valence-corrected chi connectivity index (χ0v) is 11.0. The highest BCUT2D eigenvalue weighted by Gasteiger charge is 2.23. The van der Waals surface area contributed by atoms with Crippen molar-refractivity contribution in [1.29, 1.82) is 0 Å². The molecule has 2 N–H and O–H groups in total. The van der Waals surface area contributed by atoms with Gasteiger partial charge in [0, 0.05) is 7.05 Å². The molecule has 0 atom stereocenters. The molecule has 0 aliphatic heterocycles. The molecule has 0 spiro atoms. The monoisotopic (exact) mass is 271 g/mol. The van der Waals surface area contributed by atoms with E-state index >= 15 is 0 Å². The molecule has 0 aromatic carbocycles. The van der Waals surface area contributed by atoms with Gasteiger partial charge in [0.1, 0.15) is 4.90 Å². The highest BCUT2D eigenvalue weighted by atomic mass is 32.2. The van der Waals surface area contributed by atoms with E-state index in [1.807, 2.05) is 0 Å². The van der Waals surface area contributed by atoms with Crippen LogP contribution in [0.5, 0.6) is 0 Å². The van der Waals surface area contributed by atoms with Crippen molar-refractivity contribution in [2.75, 3.05) is 0 Å². The number of aromatic amines is 1. The standard InChI is InChI=1S/C8H13N7O2S/c1-5-8(6(2)15(3)12-5)18(16,17)9-4-7-10-13-14-11-7/h9H,4H2,1-3H3,(H,10,11,13,14).